The van der Waals surface area contributed by atoms with Crippen LogP contribution in [0.15, 0.2) is 42.6 Å². The Kier molecular flexibility index (Phi) is 4.30. The number of amides is 1. The van der Waals surface area contributed by atoms with Gasteiger partial charge >= 0.3 is 0 Å². The number of rotatable bonds is 4. The van der Waals surface area contributed by atoms with Crippen molar-refractivity contribution in [2.45, 2.75) is 26.7 Å². The van der Waals surface area contributed by atoms with Crippen LogP contribution in [-0.4, -0.2) is 15.3 Å². The molecule has 0 unspecified atom stereocenters. The van der Waals surface area contributed by atoms with Crippen molar-refractivity contribution in [2.75, 3.05) is 5.32 Å². The summed E-state index contributed by atoms with van der Waals surface area (Å²) in [4.78, 5) is 17.5. The second-order valence-electron chi connectivity index (χ2n) is 5.70. The molecule has 0 saturated carbocycles. The number of hydrogen-bond donors (Lipinski definition) is 1. The molecule has 1 aromatic carbocycles. The third-order valence-corrected chi connectivity index (χ3v) is 3.85. The zero-order valence-corrected chi connectivity index (χ0v) is 13.7. The Morgan fingerprint density at radius 2 is 2.12 bits per heavy atom. The maximum atomic E-state index is 12.9. The minimum atomic E-state index is -0.252. The van der Waals surface area contributed by atoms with E-state index in [9.17, 15) is 10.1 Å². The number of pyridine rings is 1. The quantitative estimate of drug-likeness (QED) is 0.797. The Bertz CT molecular complexity index is 950. The van der Waals surface area contributed by atoms with Crippen molar-refractivity contribution in [1.29, 1.82) is 5.26 Å². The van der Waals surface area contributed by atoms with Gasteiger partial charge in [-0.3, -0.25) is 9.20 Å². The molecule has 3 aromatic rings. The number of imidazole rings is 1. The molecular formula is C19H18N4O. The molecule has 5 heteroatoms. The summed E-state index contributed by atoms with van der Waals surface area (Å²) in [5.74, 6) is -0.252. The number of nitrogens with one attached hydrogen (secondary N) is 1. The predicted octanol–water partition coefficient (Wildman–Crippen LogP) is 3.72. The number of aryl methyl sites for hydroxylation is 2. The van der Waals surface area contributed by atoms with Gasteiger partial charge in [-0.15, -0.1) is 0 Å². The van der Waals surface area contributed by atoms with Gasteiger partial charge in [-0.2, -0.15) is 5.26 Å². The molecule has 24 heavy (non-hydrogen) atoms. The average molecular weight is 318 g/mol. The number of nitrogens with zero attached hydrogens (tertiary/aromatic N) is 3. The van der Waals surface area contributed by atoms with E-state index in [4.69, 9.17) is 0 Å². The number of benzene rings is 1. The van der Waals surface area contributed by atoms with E-state index in [-0.39, 0.29) is 5.91 Å². The highest BCUT2D eigenvalue weighted by molar-refractivity contribution is 6.05. The van der Waals surface area contributed by atoms with Crippen LogP contribution in [0.4, 0.5) is 5.69 Å². The fraction of sp³-hybridized carbons (Fsp3) is 0.211. The van der Waals surface area contributed by atoms with Gasteiger partial charge in [-0.05, 0) is 43.2 Å². The summed E-state index contributed by atoms with van der Waals surface area (Å²) in [6, 6.07) is 13.0. The first-order valence-corrected chi connectivity index (χ1v) is 7.92. The molecule has 3 rings (SSSR count). The average Bonchev–Trinajstić information content (AvgIpc) is 2.92. The van der Waals surface area contributed by atoms with Gasteiger partial charge in [0.1, 0.15) is 17.4 Å². The Labute approximate surface area is 140 Å². The summed E-state index contributed by atoms with van der Waals surface area (Å²) in [7, 11) is 0. The normalized spacial score (nSPS) is 10.5. The molecule has 2 heterocycles. The maximum absolute atomic E-state index is 12.9. The monoisotopic (exact) mass is 318 g/mol. The van der Waals surface area contributed by atoms with Crippen molar-refractivity contribution < 1.29 is 4.79 Å². The molecule has 0 radical (unpaired) electrons. The Morgan fingerprint density at radius 3 is 2.88 bits per heavy atom. The minimum Gasteiger partial charge on any atom is -0.319 e. The van der Waals surface area contributed by atoms with Crippen LogP contribution in [0.5, 0.6) is 0 Å². The van der Waals surface area contributed by atoms with Gasteiger partial charge in [0, 0.05) is 6.20 Å². The lowest BCUT2D eigenvalue weighted by Crippen LogP contribution is -2.17. The third-order valence-electron chi connectivity index (χ3n) is 3.85. The number of nitriles is 1. The predicted molar refractivity (Wildman–Crippen MR) is 93.0 cm³/mol. The van der Waals surface area contributed by atoms with Crippen LogP contribution in [0.1, 0.15) is 40.7 Å². The molecule has 0 aliphatic heterocycles. The Balaban J connectivity index is 2.05. The molecule has 0 bridgehead atoms. The lowest BCUT2D eigenvalue weighted by Gasteiger charge is -2.08. The molecule has 1 amide bonds. The standard InChI is InChI=1S/C19H18N4O/c1-3-6-16-18(23-10-9-13(2)11-17(23)21-16)19(24)22-15-8-5-4-7-14(15)12-20/h4-5,7-11H,3,6H2,1-2H3,(H,22,24). The number of para-hydroxylation sites is 1. The summed E-state index contributed by atoms with van der Waals surface area (Å²) in [6.45, 7) is 4.05. The topological polar surface area (TPSA) is 70.2 Å². The van der Waals surface area contributed by atoms with E-state index in [0.717, 1.165) is 29.7 Å². The lowest BCUT2D eigenvalue weighted by atomic mass is 10.1. The number of aromatic nitrogens is 2. The largest absolute Gasteiger partial charge is 0.319 e. The molecule has 0 spiro atoms. The number of anilines is 1. The van der Waals surface area contributed by atoms with E-state index in [1.165, 1.54) is 0 Å². The first kappa shape index (κ1) is 15.8. The molecule has 2 aromatic heterocycles. The van der Waals surface area contributed by atoms with Gasteiger partial charge in [0.05, 0.1) is 16.9 Å². The molecule has 0 fully saturated rings. The van der Waals surface area contributed by atoms with Crippen molar-refractivity contribution in [3.63, 3.8) is 0 Å². The summed E-state index contributed by atoms with van der Waals surface area (Å²) >= 11 is 0. The molecule has 0 aliphatic rings. The molecule has 5 nitrogen and oxygen atoms in total. The second kappa shape index (κ2) is 6.55. The van der Waals surface area contributed by atoms with Crippen LogP contribution >= 0.6 is 0 Å². The zero-order chi connectivity index (χ0) is 17.1. The molecule has 0 saturated heterocycles. The molecule has 0 atom stereocenters. The summed E-state index contributed by atoms with van der Waals surface area (Å²) in [5.41, 5.74) is 4.10. The van der Waals surface area contributed by atoms with Crippen LogP contribution in [0, 0.1) is 18.3 Å². The third kappa shape index (κ3) is 2.86. The molecule has 1 N–H and O–H groups in total. The molecule has 0 aliphatic carbocycles. The summed E-state index contributed by atoms with van der Waals surface area (Å²) in [5, 5.41) is 12.0. The summed E-state index contributed by atoms with van der Waals surface area (Å²) < 4.78 is 1.81. The van der Waals surface area contributed by atoms with Crippen molar-refractivity contribution in [3.8, 4) is 6.07 Å². The van der Waals surface area contributed by atoms with Gasteiger partial charge in [0.2, 0.25) is 0 Å². The van der Waals surface area contributed by atoms with E-state index >= 15 is 0 Å². The van der Waals surface area contributed by atoms with E-state index < -0.39 is 0 Å². The van der Waals surface area contributed by atoms with E-state index in [1.54, 1.807) is 24.3 Å². The fourth-order valence-electron chi connectivity index (χ4n) is 2.72. The SMILES string of the molecule is CCCc1nc2cc(C)ccn2c1C(=O)Nc1ccccc1C#N. The number of hydrogen-bond acceptors (Lipinski definition) is 3. The Morgan fingerprint density at radius 1 is 1.33 bits per heavy atom. The number of fused-ring (bicyclic) bond motifs is 1. The van der Waals surface area contributed by atoms with Crippen LogP contribution in [0.25, 0.3) is 5.65 Å². The number of carbonyl (C=O) groups is 1. The Hall–Kier alpha value is -3.13. The van der Waals surface area contributed by atoms with Crippen LogP contribution < -0.4 is 5.32 Å². The summed E-state index contributed by atoms with van der Waals surface area (Å²) in [6.07, 6.45) is 3.49. The van der Waals surface area contributed by atoms with Gasteiger partial charge in [-0.1, -0.05) is 25.5 Å². The fourth-order valence-corrected chi connectivity index (χ4v) is 2.72. The second-order valence-corrected chi connectivity index (χ2v) is 5.70. The van der Waals surface area contributed by atoms with Crippen molar-refractivity contribution in [1.82, 2.24) is 9.38 Å². The van der Waals surface area contributed by atoms with Crippen LogP contribution in [0.3, 0.4) is 0 Å². The van der Waals surface area contributed by atoms with Crippen molar-refractivity contribution >= 4 is 17.2 Å². The highest BCUT2D eigenvalue weighted by atomic mass is 16.2. The highest BCUT2D eigenvalue weighted by Gasteiger charge is 2.19. The zero-order valence-electron chi connectivity index (χ0n) is 13.7. The first-order valence-electron chi connectivity index (χ1n) is 7.92. The van der Waals surface area contributed by atoms with Gasteiger partial charge in [0.15, 0.2) is 0 Å². The number of carbonyl (C=O) groups excluding carboxylic acids is 1. The molecular weight excluding hydrogens is 300 g/mol. The van der Waals surface area contributed by atoms with Crippen LogP contribution in [0.2, 0.25) is 0 Å². The van der Waals surface area contributed by atoms with Crippen molar-refractivity contribution in [3.05, 3.63) is 65.1 Å². The van der Waals surface area contributed by atoms with E-state index in [2.05, 4.69) is 23.3 Å². The van der Waals surface area contributed by atoms with E-state index in [1.807, 2.05) is 29.7 Å². The smallest absolute Gasteiger partial charge is 0.274 e. The van der Waals surface area contributed by atoms with E-state index in [0.29, 0.717) is 16.9 Å². The first-order chi connectivity index (χ1) is 11.6. The van der Waals surface area contributed by atoms with Gasteiger partial charge in [-0.25, -0.2) is 4.98 Å². The van der Waals surface area contributed by atoms with Crippen molar-refractivity contribution in [2.24, 2.45) is 0 Å². The molecule has 120 valence electrons. The lowest BCUT2D eigenvalue weighted by molar-refractivity contribution is 0.102. The van der Waals surface area contributed by atoms with Gasteiger partial charge < -0.3 is 5.32 Å². The van der Waals surface area contributed by atoms with Crippen LogP contribution in [-0.2, 0) is 6.42 Å². The highest BCUT2D eigenvalue weighted by Crippen LogP contribution is 2.19. The minimum absolute atomic E-state index is 0.252. The van der Waals surface area contributed by atoms with Gasteiger partial charge in [0.25, 0.3) is 5.91 Å². The maximum Gasteiger partial charge on any atom is 0.274 e.